The predicted molar refractivity (Wildman–Crippen MR) is 182 cm³/mol. The molecule has 0 atom stereocenters. The summed E-state index contributed by atoms with van der Waals surface area (Å²) >= 11 is 5.39. The van der Waals surface area contributed by atoms with Crippen molar-refractivity contribution in [1.82, 2.24) is 0 Å². The molecule has 0 aliphatic carbocycles. The minimum Gasteiger partial charge on any atom is -0.399 e. The topological polar surface area (TPSA) is 36.9 Å². The van der Waals surface area contributed by atoms with Crippen LogP contribution in [0.1, 0.15) is 55.4 Å². The molecule has 9 heteroatoms. The van der Waals surface area contributed by atoms with Gasteiger partial charge in [0.05, 0.1) is 22.4 Å². The summed E-state index contributed by atoms with van der Waals surface area (Å²) in [6.45, 7) is 16.7. The third-order valence-electron chi connectivity index (χ3n) is 9.04. The van der Waals surface area contributed by atoms with Gasteiger partial charge in [-0.3, -0.25) is 0 Å². The monoisotopic (exact) mass is 628 g/mol. The lowest BCUT2D eigenvalue weighted by Gasteiger charge is -2.32. The summed E-state index contributed by atoms with van der Waals surface area (Å²) in [5, 5.41) is 2.09. The van der Waals surface area contributed by atoms with E-state index in [9.17, 15) is 0 Å². The molecular weight excluding hydrogens is 590 g/mol. The van der Waals surface area contributed by atoms with Crippen LogP contribution in [0.2, 0.25) is 0 Å². The quantitative estimate of drug-likeness (QED) is 0.187. The first-order valence-electron chi connectivity index (χ1n) is 14.7. The van der Waals surface area contributed by atoms with Gasteiger partial charge in [0.1, 0.15) is 0 Å². The van der Waals surface area contributed by atoms with Crippen LogP contribution in [-0.4, -0.2) is 36.6 Å². The van der Waals surface area contributed by atoms with Crippen LogP contribution in [0.15, 0.2) is 104 Å². The van der Waals surface area contributed by atoms with E-state index in [0.717, 1.165) is 10.9 Å². The van der Waals surface area contributed by atoms with Gasteiger partial charge in [0, 0.05) is 24.5 Å². The molecule has 3 aliphatic rings. The maximum Gasteiger partial charge on any atom is 0.496 e. The van der Waals surface area contributed by atoms with Gasteiger partial charge < -0.3 is 18.6 Å². The molecule has 2 saturated heterocycles. The minimum absolute atomic E-state index is 0.280. The van der Waals surface area contributed by atoms with Crippen LogP contribution >= 0.6 is 34.9 Å². The van der Waals surface area contributed by atoms with Crippen LogP contribution < -0.4 is 10.9 Å². The zero-order chi connectivity index (χ0) is 30.6. The maximum atomic E-state index is 6.26. The third-order valence-corrected chi connectivity index (χ3v) is 12.6. The van der Waals surface area contributed by atoms with Gasteiger partial charge in [-0.2, -0.15) is 0 Å². The zero-order valence-electron chi connectivity index (χ0n) is 26.1. The van der Waals surface area contributed by atoms with Crippen molar-refractivity contribution in [1.29, 1.82) is 0 Å². The van der Waals surface area contributed by atoms with E-state index in [0.29, 0.717) is 0 Å². The van der Waals surface area contributed by atoms with Gasteiger partial charge in [-0.25, -0.2) is 0 Å². The minimum atomic E-state index is -0.315. The molecule has 1 aromatic heterocycles. The molecule has 0 spiro atoms. The first kappa shape index (κ1) is 31.0. The Labute approximate surface area is 269 Å². The van der Waals surface area contributed by atoms with Gasteiger partial charge in [0.25, 0.3) is 0 Å². The number of hydrogen-bond acceptors (Lipinski definition) is 7. The molecule has 43 heavy (non-hydrogen) atoms. The number of fused-ring (bicyclic) bond motifs is 2. The van der Waals surface area contributed by atoms with Crippen molar-refractivity contribution in [2.45, 2.75) is 97.4 Å². The molecule has 3 aliphatic heterocycles. The summed E-state index contributed by atoms with van der Waals surface area (Å²) in [6.07, 6.45) is 0. The number of benzene rings is 3. The van der Waals surface area contributed by atoms with Gasteiger partial charge in [0.15, 0.2) is 0 Å². The highest BCUT2D eigenvalue weighted by Crippen LogP contribution is 2.48. The Morgan fingerprint density at radius 1 is 0.512 bits per heavy atom. The molecule has 0 unspecified atom stereocenters. The molecule has 4 aromatic rings. The van der Waals surface area contributed by atoms with Gasteiger partial charge in [0.2, 0.25) is 0 Å². The van der Waals surface area contributed by atoms with Crippen molar-refractivity contribution >= 4 is 60.0 Å². The van der Waals surface area contributed by atoms with E-state index in [1.165, 1.54) is 30.0 Å². The molecule has 7 rings (SSSR count). The Bertz CT molecular complexity index is 1570. The first-order chi connectivity index (χ1) is 20.3. The van der Waals surface area contributed by atoms with E-state index < -0.39 is 0 Å². The zero-order valence-corrected chi connectivity index (χ0v) is 28.5. The van der Waals surface area contributed by atoms with Crippen molar-refractivity contribution < 1.29 is 18.6 Å². The third kappa shape index (κ3) is 6.02. The summed E-state index contributed by atoms with van der Waals surface area (Å²) in [5.41, 5.74) is 2.24. The summed E-state index contributed by atoms with van der Waals surface area (Å²) in [5.74, 6) is 0. The largest absolute Gasteiger partial charge is 0.496 e. The molecular formula is C34H38B2O4S3. The molecule has 3 aromatic carbocycles. The van der Waals surface area contributed by atoms with Gasteiger partial charge >= 0.3 is 14.2 Å². The second-order valence-corrected chi connectivity index (χ2v) is 16.2. The van der Waals surface area contributed by atoms with Crippen molar-refractivity contribution in [3.8, 4) is 10.4 Å². The fourth-order valence-corrected chi connectivity index (χ4v) is 8.08. The Morgan fingerprint density at radius 3 is 1.60 bits per heavy atom. The van der Waals surface area contributed by atoms with Crippen LogP contribution in [-0.2, 0) is 18.6 Å². The van der Waals surface area contributed by atoms with Crippen LogP contribution in [0, 0.1) is 0 Å². The van der Waals surface area contributed by atoms with E-state index in [1.807, 2.05) is 23.5 Å². The number of thiophene rings is 1. The predicted octanol–water partition coefficient (Wildman–Crippen LogP) is 8.32. The lowest BCUT2D eigenvalue weighted by molar-refractivity contribution is 0.00578. The Morgan fingerprint density at radius 2 is 1.05 bits per heavy atom. The maximum absolute atomic E-state index is 6.26. The molecule has 0 saturated carbocycles. The Balaban J connectivity index is 0.000000155. The smallest absolute Gasteiger partial charge is 0.399 e. The van der Waals surface area contributed by atoms with Gasteiger partial charge in [-0.05, 0) is 102 Å². The molecule has 2 fully saturated rings. The molecule has 0 radical (unpaired) electrons. The van der Waals surface area contributed by atoms with Crippen LogP contribution in [0.25, 0.3) is 10.4 Å². The molecule has 0 N–H and O–H groups in total. The van der Waals surface area contributed by atoms with Crippen molar-refractivity contribution in [3.05, 3.63) is 84.2 Å². The lowest BCUT2D eigenvalue weighted by Crippen LogP contribution is -2.41. The number of rotatable bonds is 3. The van der Waals surface area contributed by atoms with E-state index in [-0.39, 0.29) is 36.6 Å². The summed E-state index contributed by atoms with van der Waals surface area (Å²) in [7, 11) is -0.592. The summed E-state index contributed by atoms with van der Waals surface area (Å²) in [6, 6.07) is 27.6. The molecule has 0 bridgehead atoms. The highest BCUT2D eigenvalue weighted by Gasteiger charge is 2.53. The Hall–Kier alpha value is -1.97. The van der Waals surface area contributed by atoms with E-state index in [2.05, 4.69) is 140 Å². The lowest BCUT2D eigenvalue weighted by atomic mass is 9.79. The standard InChI is InChI=1S/C18H19BO2S2.C16H19BO2S/c1-17(2)18(3,4)21-19(20-17)12-8-7-11-15-16(12)23-14-10-6-5-9-13(14)22-15;1-15(2)16(3,4)19-17(18-15)13-9-7-12(8-10-13)14-6-5-11-20-14/h5-11H,1-4H3;5-11H,1-4H3. The average molecular weight is 628 g/mol. The van der Waals surface area contributed by atoms with Gasteiger partial charge in [-0.15, -0.1) is 11.3 Å². The SMILES string of the molecule is CC1(C)OB(c2ccc(-c3cccs3)cc2)OC1(C)C.CC1(C)OB(c2cccc3c2Sc2ccccc2S3)OC1(C)C. The highest BCUT2D eigenvalue weighted by atomic mass is 32.2. The fourth-order valence-electron chi connectivity index (χ4n) is 4.95. The second-order valence-electron chi connectivity index (χ2n) is 13.1. The van der Waals surface area contributed by atoms with Crippen LogP contribution in [0.3, 0.4) is 0 Å². The molecule has 222 valence electrons. The average Bonchev–Trinajstić information content (AvgIpc) is 3.62. The van der Waals surface area contributed by atoms with Crippen molar-refractivity contribution in [2.24, 2.45) is 0 Å². The molecule has 4 heterocycles. The van der Waals surface area contributed by atoms with Crippen LogP contribution in [0.5, 0.6) is 0 Å². The number of hydrogen-bond donors (Lipinski definition) is 0. The normalized spacial score (nSPS) is 20.7. The second kappa shape index (κ2) is 11.4. The summed E-state index contributed by atoms with van der Waals surface area (Å²) < 4.78 is 24.6. The van der Waals surface area contributed by atoms with Crippen molar-refractivity contribution in [2.75, 3.05) is 0 Å². The highest BCUT2D eigenvalue weighted by molar-refractivity contribution is 8.05. The Kier molecular flexibility index (Phi) is 8.25. The van der Waals surface area contributed by atoms with Gasteiger partial charge in [-0.1, -0.05) is 78.1 Å². The fraction of sp³-hybridized carbons (Fsp3) is 0.353. The summed E-state index contributed by atoms with van der Waals surface area (Å²) in [4.78, 5) is 6.44. The van der Waals surface area contributed by atoms with Crippen LogP contribution in [0.4, 0.5) is 0 Å². The van der Waals surface area contributed by atoms with Crippen molar-refractivity contribution in [3.63, 3.8) is 0 Å². The van der Waals surface area contributed by atoms with E-state index >= 15 is 0 Å². The molecule has 4 nitrogen and oxygen atoms in total. The van der Waals surface area contributed by atoms with E-state index in [1.54, 1.807) is 11.3 Å². The molecule has 0 amide bonds. The first-order valence-corrected chi connectivity index (χ1v) is 17.2. The van der Waals surface area contributed by atoms with E-state index in [4.69, 9.17) is 18.6 Å².